The summed E-state index contributed by atoms with van der Waals surface area (Å²) in [5, 5.41) is 8.91. The van der Waals surface area contributed by atoms with Gasteiger partial charge >= 0.3 is 0 Å². The molecule has 0 amide bonds. The molecule has 5 nitrogen and oxygen atoms in total. The second kappa shape index (κ2) is 4.80. The SMILES string of the molecule is COc1cccn2c(N)c(-c3ccc(F)c(C#N)c3)nc12. The van der Waals surface area contributed by atoms with Crippen LogP contribution in [0.25, 0.3) is 16.9 Å². The van der Waals surface area contributed by atoms with Gasteiger partial charge < -0.3 is 10.5 Å². The number of fused-ring (bicyclic) bond motifs is 1. The standard InChI is InChI=1S/C15H11FN4O/c1-21-12-3-2-6-20-14(18)13(19-15(12)20)9-4-5-11(16)10(7-9)8-17/h2-7H,18H2,1H3. The number of anilines is 1. The second-order valence-corrected chi connectivity index (χ2v) is 4.42. The van der Waals surface area contributed by atoms with E-state index in [2.05, 4.69) is 4.98 Å². The van der Waals surface area contributed by atoms with E-state index in [4.69, 9.17) is 15.7 Å². The molecule has 0 saturated carbocycles. The number of hydrogen-bond donors (Lipinski definition) is 1. The lowest BCUT2D eigenvalue weighted by atomic mass is 10.1. The molecule has 3 aromatic rings. The maximum Gasteiger partial charge on any atom is 0.181 e. The summed E-state index contributed by atoms with van der Waals surface area (Å²) in [5.74, 6) is 0.415. The van der Waals surface area contributed by atoms with Crippen LogP contribution in [0, 0.1) is 17.1 Å². The molecule has 1 aromatic carbocycles. The molecule has 104 valence electrons. The van der Waals surface area contributed by atoms with Crippen LogP contribution in [0.4, 0.5) is 10.2 Å². The number of hydrogen-bond acceptors (Lipinski definition) is 4. The van der Waals surface area contributed by atoms with E-state index in [9.17, 15) is 4.39 Å². The van der Waals surface area contributed by atoms with Crippen molar-refractivity contribution in [1.29, 1.82) is 5.26 Å². The van der Waals surface area contributed by atoms with Crippen LogP contribution < -0.4 is 10.5 Å². The summed E-state index contributed by atoms with van der Waals surface area (Å²) >= 11 is 0. The third-order valence-corrected chi connectivity index (χ3v) is 3.23. The highest BCUT2D eigenvalue weighted by Gasteiger charge is 2.15. The van der Waals surface area contributed by atoms with Crippen LogP contribution in [0.15, 0.2) is 36.5 Å². The molecule has 0 unspecified atom stereocenters. The molecule has 3 rings (SSSR count). The lowest BCUT2D eigenvalue weighted by molar-refractivity contribution is 0.417. The van der Waals surface area contributed by atoms with Crippen molar-refractivity contribution in [2.75, 3.05) is 12.8 Å². The number of rotatable bonds is 2. The Hall–Kier alpha value is -3.07. The Kier molecular flexibility index (Phi) is 2.95. The first kappa shape index (κ1) is 12.9. The van der Waals surface area contributed by atoms with Crippen molar-refractivity contribution in [1.82, 2.24) is 9.38 Å². The van der Waals surface area contributed by atoms with Gasteiger partial charge in [-0.15, -0.1) is 0 Å². The summed E-state index contributed by atoms with van der Waals surface area (Å²) in [4.78, 5) is 4.44. The smallest absolute Gasteiger partial charge is 0.181 e. The number of nitrogen functional groups attached to an aromatic ring is 1. The minimum atomic E-state index is -0.568. The van der Waals surface area contributed by atoms with Crippen molar-refractivity contribution >= 4 is 11.5 Å². The molecule has 0 fully saturated rings. The predicted molar refractivity (Wildman–Crippen MR) is 76.3 cm³/mol. The number of benzene rings is 1. The largest absolute Gasteiger partial charge is 0.493 e. The third kappa shape index (κ3) is 1.96. The van der Waals surface area contributed by atoms with Gasteiger partial charge in [-0.1, -0.05) is 0 Å². The van der Waals surface area contributed by atoms with Gasteiger partial charge in [-0.3, -0.25) is 4.40 Å². The van der Waals surface area contributed by atoms with E-state index in [0.717, 1.165) is 0 Å². The first-order valence-corrected chi connectivity index (χ1v) is 6.16. The summed E-state index contributed by atoms with van der Waals surface area (Å²) in [6.07, 6.45) is 1.76. The summed E-state index contributed by atoms with van der Waals surface area (Å²) in [6, 6.07) is 9.58. The van der Waals surface area contributed by atoms with E-state index >= 15 is 0 Å². The van der Waals surface area contributed by atoms with Gasteiger partial charge in [0.05, 0.1) is 12.7 Å². The van der Waals surface area contributed by atoms with Crippen LogP contribution in [0.3, 0.4) is 0 Å². The van der Waals surface area contributed by atoms with Crippen molar-refractivity contribution < 1.29 is 9.13 Å². The number of pyridine rings is 1. The molecule has 0 spiro atoms. The predicted octanol–water partition coefficient (Wildman–Crippen LogP) is 2.60. The molecule has 0 aliphatic heterocycles. The number of imidazole rings is 1. The topological polar surface area (TPSA) is 76.3 Å². The van der Waals surface area contributed by atoms with Gasteiger partial charge in [0.1, 0.15) is 23.4 Å². The van der Waals surface area contributed by atoms with Crippen LogP contribution in [-0.2, 0) is 0 Å². The van der Waals surface area contributed by atoms with Crippen LogP contribution >= 0.6 is 0 Å². The fourth-order valence-corrected chi connectivity index (χ4v) is 2.19. The third-order valence-electron chi connectivity index (χ3n) is 3.23. The fourth-order valence-electron chi connectivity index (χ4n) is 2.19. The Labute approximate surface area is 120 Å². The number of nitrogens with two attached hydrogens (primary N) is 1. The minimum Gasteiger partial charge on any atom is -0.493 e. The van der Waals surface area contributed by atoms with Gasteiger partial charge in [0.2, 0.25) is 0 Å². The summed E-state index contributed by atoms with van der Waals surface area (Å²) in [6.45, 7) is 0. The van der Waals surface area contributed by atoms with E-state index in [1.807, 2.05) is 0 Å². The lowest BCUT2D eigenvalue weighted by Crippen LogP contribution is -1.95. The molecule has 0 saturated heterocycles. The van der Waals surface area contributed by atoms with Crippen LogP contribution in [0.2, 0.25) is 0 Å². The average Bonchev–Trinajstić information content (AvgIpc) is 2.85. The molecule has 21 heavy (non-hydrogen) atoms. The zero-order valence-corrected chi connectivity index (χ0v) is 11.2. The van der Waals surface area contributed by atoms with Crippen LogP contribution in [0.5, 0.6) is 5.75 Å². The van der Waals surface area contributed by atoms with Crippen molar-refractivity contribution in [2.24, 2.45) is 0 Å². The Balaban J connectivity index is 2.26. The minimum absolute atomic E-state index is 0.0454. The Bertz CT molecular complexity index is 879. The summed E-state index contributed by atoms with van der Waals surface area (Å²) < 4.78 is 20.3. The maximum atomic E-state index is 13.4. The van der Waals surface area contributed by atoms with Crippen molar-refractivity contribution in [3.8, 4) is 23.1 Å². The van der Waals surface area contributed by atoms with E-state index in [0.29, 0.717) is 28.5 Å². The molecular weight excluding hydrogens is 271 g/mol. The number of aromatic nitrogens is 2. The molecule has 0 bridgehead atoms. The zero-order valence-electron chi connectivity index (χ0n) is 11.2. The van der Waals surface area contributed by atoms with Gasteiger partial charge in [-0.25, -0.2) is 9.37 Å². The van der Waals surface area contributed by atoms with Gasteiger partial charge in [0.25, 0.3) is 0 Å². The van der Waals surface area contributed by atoms with E-state index < -0.39 is 5.82 Å². The number of halogens is 1. The normalized spacial score (nSPS) is 10.5. The van der Waals surface area contributed by atoms with Gasteiger partial charge in [0.15, 0.2) is 11.4 Å². The monoisotopic (exact) mass is 282 g/mol. The quantitative estimate of drug-likeness (QED) is 0.783. The summed E-state index contributed by atoms with van der Waals surface area (Å²) in [7, 11) is 1.55. The molecular formula is C15H11FN4O. The number of nitriles is 1. The molecule has 0 aliphatic carbocycles. The highest BCUT2D eigenvalue weighted by Crippen LogP contribution is 2.30. The van der Waals surface area contributed by atoms with Crippen LogP contribution in [-0.4, -0.2) is 16.5 Å². The number of nitrogens with zero attached hydrogens (tertiary/aromatic N) is 3. The van der Waals surface area contributed by atoms with Gasteiger partial charge in [-0.05, 0) is 30.3 Å². The maximum absolute atomic E-state index is 13.4. The number of methoxy groups -OCH3 is 1. The van der Waals surface area contributed by atoms with Crippen molar-refractivity contribution in [3.05, 3.63) is 47.9 Å². The molecule has 0 radical (unpaired) electrons. The molecule has 6 heteroatoms. The van der Waals surface area contributed by atoms with E-state index in [-0.39, 0.29) is 5.56 Å². The molecule has 0 aliphatic rings. The van der Waals surface area contributed by atoms with E-state index in [1.54, 1.807) is 42.0 Å². The molecule has 2 heterocycles. The second-order valence-electron chi connectivity index (χ2n) is 4.42. The highest BCUT2D eigenvalue weighted by atomic mass is 19.1. The Morgan fingerprint density at radius 3 is 2.90 bits per heavy atom. The average molecular weight is 282 g/mol. The molecule has 0 atom stereocenters. The fraction of sp³-hybridized carbons (Fsp3) is 0.0667. The van der Waals surface area contributed by atoms with Crippen molar-refractivity contribution in [3.63, 3.8) is 0 Å². The molecule has 2 aromatic heterocycles. The lowest BCUT2D eigenvalue weighted by Gasteiger charge is -2.01. The zero-order chi connectivity index (χ0) is 15.0. The summed E-state index contributed by atoms with van der Waals surface area (Å²) in [5.41, 5.74) is 7.67. The van der Waals surface area contributed by atoms with Gasteiger partial charge in [-0.2, -0.15) is 5.26 Å². The number of ether oxygens (including phenoxy) is 1. The van der Waals surface area contributed by atoms with Gasteiger partial charge in [0, 0.05) is 11.8 Å². The first-order valence-electron chi connectivity index (χ1n) is 6.16. The van der Waals surface area contributed by atoms with E-state index in [1.165, 1.54) is 12.1 Å². The Morgan fingerprint density at radius 2 is 2.19 bits per heavy atom. The Morgan fingerprint density at radius 1 is 1.38 bits per heavy atom. The van der Waals surface area contributed by atoms with Crippen molar-refractivity contribution in [2.45, 2.75) is 0 Å². The first-order chi connectivity index (χ1) is 10.2. The molecule has 2 N–H and O–H groups in total. The van der Waals surface area contributed by atoms with Crippen LogP contribution in [0.1, 0.15) is 5.56 Å². The highest BCUT2D eigenvalue weighted by molar-refractivity contribution is 5.77.